The monoisotopic (exact) mass is 2090 g/mol. The molecular weight excluding hydrogens is 2020 g/mol. The van der Waals surface area contributed by atoms with Crippen LogP contribution in [0.25, 0.3) is 222 Å². The summed E-state index contributed by atoms with van der Waals surface area (Å²) >= 11 is 0. The fourth-order valence-corrected chi connectivity index (χ4v) is 22.4. The maximum absolute atomic E-state index is 14.6. The molecule has 2 aliphatic rings. The number of hydrogen-bond donors (Lipinski definition) is 18. The summed E-state index contributed by atoms with van der Waals surface area (Å²) in [7, 11) is -46.8. The van der Waals surface area contributed by atoms with E-state index in [1.165, 1.54) is 146 Å². The number of nitrogens with one attached hydrogen (secondary N) is 2. The molecule has 0 unspecified atom stereocenters. The summed E-state index contributed by atoms with van der Waals surface area (Å²) in [5, 5.41) is 3.31. The second-order valence-electron chi connectivity index (χ2n) is 33.2. The predicted octanol–water partition coefficient (Wildman–Crippen LogP) is 23.0. The van der Waals surface area contributed by atoms with Crippen LogP contribution in [0.4, 0.5) is 0 Å². The van der Waals surface area contributed by atoms with Gasteiger partial charge in [-0.1, -0.05) is 218 Å². The topological polar surface area (TPSA) is 591 Å². The Bertz CT molecular complexity index is 8410. The van der Waals surface area contributed by atoms with Gasteiger partial charge in [0.05, 0.1) is 22.8 Å². The van der Waals surface area contributed by atoms with Gasteiger partial charge in [-0.3, -0.25) is 78.3 Å². The molecule has 18 N–H and O–H groups in total. The number of phosphoric acid groups is 8. The van der Waals surface area contributed by atoms with Gasteiger partial charge in [0.2, 0.25) is 0 Å². The highest BCUT2D eigenvalue weighted by molar-refractivity contribution is 7.48. The second-order valence-corrected chi connectivity index (χ2v) is 42.5. The van der Waals surface area contributed by atoms with Crippen LogP contribution in [-0.2, 0) is 36.5 Å². The van der Waals surface area contributed by atoms with Crippen LogP contribution >= 0.6 is 62.6 Å². The standard InChI is InChI=1S/C100H70N4O32P8/c105-137(106,107)129-81-45-33-53-17-1-9-25-61(53)89(81)93-65-29-13-5-21-57(65)49-69(97(93)133-141(117,118)119)85-73-37-39-75(101-73)86(70-50-58-22-6-14-30-66(58)94(98(70)134-142(120,121)122)90-62-26-10-2-18-54(62)34-46-82(90)130-138(108,109)110)77-41-43-79(103-77)88(72-52-60-24-8-16-32-68(60)96(100(72)136-144(126,127)128)92-64-28-12-4-20-56(64)36-48-84(92)132-140(114,115)116)80-44-42-78(104-80)87(76-40-38-74(85)102-76)71-51-59-23-7-15-31-67(59)95(99(71)135-143(123,124)125)91-63-27-11-3-19-55(63)35-47-83(91)131-139(111,112)113/h1-52,101,104H,(H2,105,106,107)(H2,108,109,110)(H2,111,112,113)(H2,114,115,116)(H2,117,118,119)(H2,120,121,122)(H2,123,124,125)(H2,126,127,128). The van der Waals surface area contributed by atoms with E-state index in [2.05, 4.69) is 9.97 Å². The predicted molar refractivity (Wildman–Crippen MR) is 544 cm³/mol. The molecule has 2 aliphatic heterocycles. The van der Waals surface area contributed by atoms with E-state index in [1.54, 1.807) is 170 Å². The molecule has 0 saturated carbocycles. The van der Waals surface area contributed by atoms with E-state index in [-0.39, 0.29) is 198 Å². The normalized spacial score (nSPS) is 12.9. The van der Waals surface area contributed by atoms with Crippen molar-refractivity contribution in [3.63, 3.8) is 0 Å². The molecule has 5 heterocycles. The molecule has 0 atom stereocenters. The smallest absolute Gasteiger partial charge is 0.404 e. The zero-order valence-corrected chi connectivity index (χ0v) is 80.3. The molecule has 19 aromatic rings. The summed E-state index contributed by atoms with van der Waals surface area (Å²) in [6.07, 6.45) is 5.56. The Kier molecular flexibility index (Phi) is 24.0. The third-order valence-corrected chi connectivity index (χ3v) is 27.5. The van der Waals surface area contributed by atoms with Crippen LogP contribution < -0.4 is 36.2 Å². The first-order valence-corrected chi connectivity index (χ1v) is 55.1. The van der Waals surface area contributed by atoms with Crippen LogP contribution in [0.1, 0.15) is 22.8 Å². The number of rotatable bonds is 24. The van der Waals surface area contributed by atoms with Gasteiger partial charge in [-0.2, -0.15) is 0 Å². The largest absolute Gasteiger partial charge is 0.524 e. The Balaban J connectivity index is 1.02. The van der Waals surface area contributed by atoms with E-state index >= 15 is 0 Å². The van der Waals surface area contributed by atoms with E-state index in [1.807, 2.05) is 0 Å². The van der Waals surface area contributed by atoms with Gasteiger partial charge in [-0.05, 0) is 183 Å². The molecule has 0 saturated heterocycles. The number of fused-ring (bicyclic) bond motifs is 16. The first-order chi connectivity index (χ1) is 68.4. The molecule has 0 radical (unpaired) electrons. The molecular formula is C100H70N4O32P8. The Hall–Kier alpha value is -14.2. The number of aromatic nitrogens is 4. The van der Waals surface area contributed by atoms with Gasteiger partial charge < -0.3 is 46.2 Å². The van der Waals surface area contributed by atoms with Crippen molar-refractivity contribution >= 4 is 195 Å². The van der Waals surface area contributed by atoms with Crippen molar-refractivity contribution in [1.82, 2.24) is 19.9 Å². The quantitative estimate of drug-likeness (QED) is 0.0250. The molecule has 36 nitrogen and oxygen atoms in total. The maximum atomic E-state index is 14.6. The fraction of sp³-hybridized carbons (Fsp3) is 0. The van der Waals surface area contributed by atoms with Crippen LogP contribution in [-0.4, -0.2) is 98.2 Å². The van der Waals surface area contributed by atoms with Crippen LogP contribution in [0.3, 0.4) is 0 Å². The van der Waals surface area contributed by atoms with E-state index in [0.717, 1.165) is 0 Å². The molecule has 0 spiro atoms. The summed E-state index contributed by atoms with van der Waals surface area (Å²) in [6.45, 7) is 0. The molecule has 16 aromatic carbocycles. The van der Waals surface area contributed by atoms with Crippen molar-refractivity contribution in [2.24, 2.45) is 0 Å². The lowest BCUT2D eigenvalue weighted by Gasteiger charge is -2.23. The maximum Gasteiger partial charge on any atom is 0.524 e. The Labute approximate surface area is 810 Å². The van der Waals surface area contributed by atoms with Crippen molar-refractivity contribution in [1.29, 1.82) is 0 Å². The number of nitrogens with zero attached hydrogens (tertiary/aromatic N) is 2. The van der Waals surface area contributed by atoms with Crippen molar-refractivity contribution in [3.05, 3.63) is 314 Å². The second kappa shape index (κ2) is 36.0. The van der Waals surface area contributed by atoms with Crippen LogP contribution in [0.2, 0.25) is 0 Å². The molecule has 722 valence electrons. The molecule has 0 aliphatic carbocycles. The van der Waals surface area contributed by atoms with Crippen LogP contribution in [0.5, 0.6) is 46.0 Å². The summed E-state index contributed by atoms with van der Waals surface area (Å²) < 4.78 is 159. The van der Waals surface area contributed by atoms with Crippen molar-refractivity contribution in [2.75, 3.05) is 0 Å². The summed E-state index contributed by atoms with van der Waals surface area (Å²) in [4.78, 5) is 199. The first kappa shape index (κ1) is 96.0. The number of hydrogen-bond acceptors (Lipinski definition) is 18. The van der Waals surface area contributed by atoms with Crippen LogP contribution in [0, 0.1) is 0 Å². The summed E-state index contributed by atoms with van der Waals surface area (Å²) in [5.74, 6) is -5.23. The zero-order chi connectivity index (χ0) is 101. The minimum absolute atomic E-state index is 0.0971. The highest BCUT2D eigenvalue weighted by Crippen LogP contribution is 2.64. The molecule has 0 amide bonds. The van der Waals surface area contributed by atoms with E-state index in [0.29, 0.717) is 21.5 Å². The highest BCUT2D eigenvalue weighted by atomic mass is 31.2. The lowest BCUT2D eigenvalue weighted by atomic mass is 9.88. The van der Waals surface area contributed by atoms with Gasteiger partial charge in [-0.15, -0.1) is 0 Å². The Morgan fingerprint density at radius 2 is 0.347 bits per heavy atom. The van der Waals surface area contributed by atoms with Gasteiger partial charge >= 0.3 is 62.6 Å². The van der Waals surface area contributed by atoms with Crippen molar-refractivity contribution < 1.29 is 151 Å². The third-order valence-electron chi connectivity index (χ3n) is 24.1. The fourth-order valence-electron chi connectivity index (χ4n) is 19.1. The van der Waals surface area contributed by atoms with E-state index in [4.69, 9.17) is 46.2 Å². The average molecular weight is 2090 g/mol. The Morgan fingerprint density at radius 3 is 0.528 bits per heavy atom. The van der Waals surface area contributed by atoms with Gasteiger partial charge in [0, 0.05) is 111 Å². The van der Waals surface area contributed by atoms with Gasteiger partial charge in [-0.25, -0.2) is 46.5 Å². The first-order valence-electron chi connectivity index (χ1n) is 42.9. The molecule has 0 fully saturated rings. The minimum Gasteiger partial charge on any atom is -0.404 e. The van der Waals surface area contributed by atoms with E-state index in [9.17, 15) is 115 Å². The number of benzene rings is 16. The number of phosphoric ester groups is 8. The molecule has 44 heteroatoms. The molecule has 21 rings (SSSR count). The molecule has 3 aromatic heterocycles. The number of aromatic amines is 2. The van der Waals surface area contributed by atoms with Crippen molar-refractivity contribution in [3.8, 4) is 135 Å². The third kappa shape index (κ3) is 18.9. The van der Waals surface area contributed by atoms with Crippen molar-refractivity contribution in [2.45, 2.75) is 0 Å². The van der Waals surface area contributed by atoms with E-state index < -0.39 is 109 Å². The highest BCUT2D eigenvalue weighted by Gasteiger charge is 2.39. The van der Waals surface area contributed by atoms with Gasteiger partial charge in [0.1, 0.15) is 46.0 Å². The van der Waals surface area contributed by atoms with Gasteiger partial charge in [0.25, 0.3) is 0 Å². The summed E-state index contributed by atoms with van der Waals surface area (Å²) in [5.41, 5.74) is -6.23. The van der Waals surface area contributed by atoms with Crippen LogP contribution in [0.15, 0.2) is 291 Å². The molecule has 8 bridgehead atoms. The lowest BCUT2D eigenvalue weighted by molar-refractivity contribution is 0.280. The molecule has 144 heavy (non-hydrogen) atoms. The average Bonchev–Trinajstić information content (AvgIpc) is 1.58. The van der Waals surface area contributed by atoms with Gasteiger partial charge in [0.15, 0.2) is 0 Å². The minimum atomic E-state index is -6.05. The number of H-pyrrole nitrogens is 2. The Morgan fingerprint density at radius 1 is 0.181 bits per heavy atom. The SMILES string of the molecule is O=P(O)(O)Oc1ccc2ccccc2c1-c1c(OP(=O)(O)O)c(-c2c3nc(c(-c4cc5ccccc5c(-c5c(OP(=O)(O)O)ccc6ccccc56)c4OP(=O)(O)O)c4ccc([nH]4)c(-c4cc5ccccc5c(-c5c(OP(=O)(O)O)ccc6ccccc56)c4OP(=O)(O)O)c4nc(c(-c5cc6ccccc6c(-c6c(OP(=O)(O)O)ccc7ccccc67)c5OP(=O)(O)O)c5ccc2[nH]5)C=C4)C=C3)cc2ccccc12. The zero-order valence-electron chi connectivity index (χ0n) is 73.2. The summed E-state index contributed by atoms with van der Waals surface area (Å²) in [6, 6.07) is 72.8. The lowest BCUT2D eigenvalue weighted by Crippen LogP contribution is -2.01.